The van der Waals surface area contributed by atoms with Gasteiger partial charge in [0.05, 0.1) is 27.7 Å². The van der Waals surface area contributed by atoms with Crippen LogP contribution in [0, 0.1) is 6.92 Å². The molecule has 0 saturated carbocycles. The van der Waals surface area contributed by atoms with Gasteiger partial charge in [-0.05, 0) is 37.3 Å². The minimum atomic E-state index is 0.117. The number of thiophene rings is 1. The molecule has 0 bridgehead atoms. The molecule has 0 aliphatic rings. The average Bonchev–Trinajstić information content (AvgIpc) is 2.95. The van der Waals surface area contributed by atoms with E-state index in [0.29, 0.717) is 11.4 Å². The number of Topliss-reactive ketones (excluding diaryl/α,β-unsaturated/α-hetero) is 1. The number of hydrogen-bond donors (Lipinski definition) is 0. The second-order valence-corrected chi connectivity index (χ2v) is 5.70. The topological polar surface area (TPSA) is 34.9 Å². The van der Waals surface area contributed by atoms with E-state index >= 15 is 0 Å². The van der Waals surface area contributed by atoms with Crippen LogP contribution in [0.25, 0.3) is 0 Å². The lowest BCUT2D eigenvalue weighted by atomic mass is 10.1. The van der Waals surface area contributed by atoms with Crippen molar-refractivity contribution >= 4 is 28.7 Å². The molecule has 0 spiro atoms. The fraction of sp³-hybridized carbons (Fsp3) is 0.429. The van der Waals surface area contributed by atoms with Crippen molar-refractivity contribution in [1.82, 2.24) is 9.78 Å². The quantitative estimate of drug-likeness (QED) is 0.784. The highest BCUT2D eigenvalue weighted by atomic mass is 35.5. The standard InChI is InChI=1S/C14H17ClN2OS/c1-4-10-13(15)11(17(5-2)16-10)8-12(18)14-9(3)6-7-19-14/h6-7H,4-5,8H2,1-3H3. The first-order valence-corrected chi connectivity index (χ1v) is 7.65. The van der Waals surface area contributed by atoms with Gasteiger partial charge in [-0.15, -0.1) is 11.3 Å². The van der Waals surface area contributed by atoms with E-state index in [1.54, 1.807) is 0 Å². The van der Waals surface area contributed by atoms with Crippen LogP contribution >= 0.6 is 22.9 Å². The molecule has 0 fully saturated rings. The van der Waals surface area contributed by atoms with E-state index in [1.807, 2.05) is 36.9 Å². The summed E-state index contributed by atoms with van der Waals surface area (Å²) in [6.45, 7) is 6.71. The molecule has 0 aromatic carbocycles. The van der Waals surface area contributed by atoms with Crippen LogP contribution in [-0.4, -0.2) is 15.6 Å². The number of ketones is 1. The minimum absolute atomic E-state index is 0.117. The van der Waals surface area contributed by atoms with Crippen LogP contribution in [0.5, 0.6) is 0 Å². The van der Waals surface area contributed by atoms with Gasteiger partial charge in [0.2, 0.25) is 0 Å². The molecular formula is C14H17ClN2OS. The summed E-state index contributed by atoms with van der Waals surface area (Å²) in [7, 11) is 0. The molecule has 2 rings (SSSR count). The molecule has 2 aromatic heterocycles. The number of aromatic nitrogens is 2. The van der Waals surface area contributed by atoms with E-state index in [1.165, 1.54) is 11.3 Å². The van der Waals surface area contributed by atoms with Crippen molar-refractivity contribution in [3.05, 3.63) is 38.3 Å². The van der Waals surface area contributed by atoms with Crippen molar-refractivity contribution < 1.29 is 4.79 Å². The Hall–Kier alpha value is -1.13. The van der Waals surface area contributed by atoms with E-state index in [-0.39, 0.29) is 5.78 Å². The summed E-state index contributed by atoms with van der Waals surface area (Å²) < 4.78 is 1.84. The molecule has 0 unspecified atom stereocenters. The molecule has 5 heteroatoms. The third kappa shape index (κ3) is 2.74. The first-order chi connectivity index (χ1) is 9.08. The summed E-state index contributed by atoms with van der Waals surface area (Å²) in [6, 6.07) is 1.97. The molecular weight excluding hydrogens is 280 g/mol. The molecule has 0 radical (unpaired) electrons. The molecule has 0 N–H and O–H groups in total. The van der Waals surface area contributed by atoms with Crippen molar-refractivity contribution in [3.8, 4) is 0 Å². The van der Waals surface area contributed by atoms with Gasteiger partial charge in [-0.2, -0.15) is 5.10 Å². The molecule has 102 valence electrons. The summed E-state index contributed by atoms with van der Waals surface area (Å²) >= 11 is 7.81. The Morgan fingerprint density at radius 2 is 2.21 bits per heavy atom. The molecule has 0 saturated heterocycles. The molecule has 3 nitrogen and oxygen atoms in total. The Bertz CT molecular complexity index is 601. The van der Waals surface area contributed by atoms with Gasteiger partial charge in [-0.25, -0.2) is 0 Å². The van der Waals surface area contributed by atoms with Gasteiger partial charge in [0, 0.05) is 6.54 Å². The van der Waals surface area contributed by atoms with Crippen molar-refractivity contribution in [2.24, 2.45) is 0 Å². The Morgan fingerprint density at radius 3 is 2.74 bits per heavy atom. The Morgan fingerprint density at radius 1 is 1.47 bits per heavy atom. The molecule has 0 aliphatic carbocycles. The Balaban J connectivity index is 2.31. The number of halogens is 1. The second kappa shape index (κ2) is 5.88. The van der Waals surface area contributed by atoms with Gasteiger partial charge < -0.3 is 0 Å². The van der Waals surface area contributed by atoms with Crippen LogP contribution in [0.4, 0.5) is 0 Å². The van der Waals surface area contributed by atoms with Crippen LogP contribution in [0.2, 0.25) is 5.02 Å². The van der Waals surface area contributed by atoms with E-state index in [4.69, 9.17) is 11.6 Å². The van der Waals surface area contributed by atoms with E-state index in [2.05, 4.69) is 5.10 Å². The van der Waals surface area contributed by atoms with Gasteiger partial charge in [0.25, 0.3) is 0 Å². The van der Waals surface area contributed by atoms with Crippen molar-refractivity contribution in [3.63, 3.8) is 0 Å². The molecule has 0 amide bonds. The van der Waals surface area contributed by atoms with Crippen LogP contribution in [0.3, 0.4) is 0 Å². The van der Waals surface area contributed by atoms with E-state index in [0.717, 1.165) is 34.8 Å². The lowest BCUT2D eigenvalue weighted by Crippen LogP contribution is -2.09. The summed E-state index contributed by atoms with van der Waals surface area (Å²) in [5.74, 6) is 0.117. The highest BCUT2D eigenvalue weighted by Crippen LogP contribution is 2.25. The van der Waals surface area contributed by atoms with E-state index < -0.39 is 0 Å². The van der Waals surface area contributed by atoms with Crippen LogP contribution < -0.4 is 0 Å². The maximum Gasteiger partial charge on any atom is 0.179 e. The molecule has 19 heavy (non-hydrogen) atoms. The molecule has 2 heterocycles. The van der Waals surface area contributed by atoms with Gasteiger partial charge in [0.15, 0.2) is 5.78 Å². The van der Waals surface area contributed by atoms with Gasteiger partial charge in [-0.1, -0.05) is 18.5 Å². The summed E-state index contributed by atoms with van der Waals surface area (Å²) in [4.78, 5) is 13.1. The van der Waals surface area contributed by atoms with Crippen molar-refractivity contribution in [2.75, 3.05) is 0 Å². The fourth-order valence-corrected chi connectivity index (χ4v) is 3.28. The number of carbonyl (C=O) groups is 1. The zero-order valence-electron chi connectivity index (χ0n) is 11.4. The lowest BCUT2D eigenvalue weighted by Gasteiger charge is -2.04. The molecule has 0 aliphatic heterocycles. The number of carbonyl (C=O) groups excluding carboxylic acids is 1. The number of aryl methyl sites for hydroxylation is 3. The maximum absolute atomic E-state index is 12.3. The third-order valence-electron chi connectivity index (χ3n) is 3.14. The highest BCUT2D eigenvalue weighted by Gasteiger charge is 2.19. The zero-order chi connectivity index (χ0) is 14.0. The lowest BCUT2D eigenvalue weighted by molar-refractivity contribution is 0.0994. The van der Waals surface area contributed by atoms with Crippen molar-refractivity contribution in [2.45, 2.75) is 40.2 Å². The number of hydrogen-bond acceptors (Lipinski definition) is 3. The van der Waals surface area contributed by atoms with Crippen LogP contribution in [0.1, 0.15) is 40.5 Å². The summed E-state index contributed by atoms with van der Waals surface area (Å²) in [5, 5.41) is 7.03. The Kier molecular flexibility index (Phi) is 4.42. The summed E-state index contributed by atoms with van der Waals surface area (Å²) in [6.07, 6.45) is 1.10. The van der Waals surface area contributed by atoms with E-state index in [9.17, 15) is 4.79 Å². The van der Waals surface area contributed by atoms with Crippen molar-refractivity contribution in [1.29, 1.82) is 0 Å². The first-order valence-electron chi connectivity index (χ1n) is 6.39. The Labute approximate surface area is 122 Å². The zero-order valence-corrected chi connectivity index (χ0v) is 12.9. The normalized spacial score (nSPS) is 10.9. The predicted molar refractivity (Wildman–Crippen MR) is 79.4 cm³/mol. The summed E-state index contributed by atoms with van der Waals surface area (Å²) in [5.41, 5.74) is 2.73. The number of rotatable bonds is 5. The third-order valence-corrected chi connectivity index (χ3v) is 4.63. The monoisotopic (exact) mass is 296 g/mol. The maximum atomic E-state index is 12.3. The largest absolute Gasteiger partial charge is 0.293 e. The predicted octanol–water partition coefficient (Wildman–Crippen LogP) is 3.91. The van der Waals surface area contributed by atoms with Gasteiger partial charge in [0.1, 0.15) is 0 Å². The van der Waals surface area contributed by atoms with Gasteiger partial charge >= 0.3 is 0 Å². The first kappa shape index (κ1) is 14.3. The molecule has 2 aromatic rings. The van der Waals surface area contributed by atoms with Crippen LogP contribution in [0.15, 0.2) is 11.4 Å². The SMILES string of the molecule is CCc1nn(CC)c(CC(=O)c2sccc2C)c1Cl. The van der Waals surface area contributed by atoms with Gasteiger partial charge in [-0.3, -0.25) is 9.48 Å². The molecule has 0 atom stereocenters. The second-order valence-electron chi connectivity index (χ2n) is 4.41. The average molecular weight is 297 g/mol. The highest BCUT2D eigenvalue weighted by molar-refractivity contribution is 7.12. The smallest absolute Gasteiger partial charge is 0.179 e. The minimum Gasteiger partial charge on any atom is -0.293 e. The van der Waals surface area contributed by atoms with Crippen LogP contribution in [-0.2, 0) is 19.4 Å². The number of nitrogens with zero attached hydrogens (tertiary/aromatic N) is 2. The fourth-order valence-electron chi connectivity index (χ4n) is 2.08.